The van der Waals surface area contributed by atoms with Gasteiger partial charge in [0, 0.05) is 37.2 Å². The Kier molecular flexibility index (Phi) is 5.24. The van der Waals surface area contributed by atoms with Gasteiger partial charge >= 0.3 is 0 Å². The quantitative estimate of drug-likeness (QED) is 0.897. The molecule has 2 atom stereocenters. The van der Waals surface area contributed by atoms with Gasteiger partial charge in [-0.15, -0.1) is 11.3 Å². The van der Waals surface area contributed by atoms with Crippen molar-refractivity contribution in [2.24, 2.45) is 11.8 Å². The summed E-state index contributed by atoms with van der Waals surface area (Å²) < 4.78 is 4.96. The van der Waals surface area contributed by atoms with Gasteiger partial charge in [0.2, 0.25) is 11.7 Å². The number of likely N-dealkylation sites (tertiary alicyclic amines) is 1. The van der Waals surface area contributed by atoms with Gasteiger partial charge in [-0.05, 0) is 18.3 Å². The smallest absolute Gasteiger partial charge is 0.292 e. The van der Waals surface area contributed by atoms with Crippen LogP contribution in [-0.2, 0) is 4.79 Å². The Labute approximate surface area is 144 Å². The largest absolute Gasteiger partial charge is 0.351 e. The van der Waals surface area contributed by atoms with Crippen LogP contribution in [0.5, 0.6) is 0 Å². The first kappa shape index (κ1) is 16.6. The number of anilines is 1. The lowest BCUT2D eigenvalue weighted by Crippen LogP contribution is -2.44. The third kappa shape index (κ3) is 3.81. The van der Waals surface area contributed by atoms with E-state index in [9.17, 15) is 9.59 Å². The molecular weight excluding hydrogens is 328 g/mol. The van der Waals surface area contributed by atoms with Gasteiger partial charge in [-0.2, -0.15) is 0 Å². The Morgan fingerprint density at radius 2 is 2.29 bits per heavy atom. The number of piperidine rings is 1. The van der Waals surface area contributed by atoms with Crippen molar-refractivity contribution in [2.75, 3.05) is 18.4 Å². The minimum atomic E-state index is -0.128. The molecule has 2 amide bonds. The van der Waals surface area contributed by atoms with E-state index in [2.05, 4.69) is 22.4 Å². The molecule has 0 spiro atoms. The predicted molar refractivity (Wildman–Crippen MR) is 89.7 cm³/mol. The Balaban J connectivity index is 1.57. The first-order valence-corrected chi connectivity index (χ1v) is 8.94. The van der Waals surface area contributed by atoms with Crippen molar-refractivity contribution in [3.63, 3.8) is 0 Å². The highest BCUT2D eigenvalue weighted by Gasteiger charge is 2.33. The maximum Gasteiger partial charge on any atom is 0.292 e. The lowest BCUT2D eigenvalue weighted by molar-refractivity contribution is -0.117. The number of hydrogen-bond acceptors (Lipinski definition) is 6. The summed E-state index contributed by atoms with van der Waals surface area (Å²) in [5, 5.41) is 8.88. The van der Waals surface area contributed by atoms with E-state index in [4.69, 9.17) is 4.52 Å². The van der Waals surface area contributed by atoms with Gasteiger partial charge in [-0.25, -0.2) is 4.98 Å². The van der Waals surface area contributed by atoms with Crippen LogP contribution in [0, 0.1) is 11.8 Å². The van der Waals surface area contributed by atoms with Crippen molar-refractivity contribution in [1.29, 1.82) is 0 Å². The van der Waals surface area contributed by atoms with Crippen LogP contribution in [0.4, 0.5) is 5.13 Å². The first-order valence-electron chi connectivity index (χ1n) is 8.06. The second-order valence-electron chi connectivity index (χ2n) is 5.93. The molecular formula is C16H20N4O3S. The van der Waals surface area contributed by atoms with Crippen molar-refractivity contribution in [3.8, 4) is 0 Å². The average molecular weight is 348 g/mol. The Morgan fingerprint density at radius 3 is 2.96 bits per heavy atom. The molecule has 8 heteroatoms. The first-order chi connectivity index (χ1) is 11.7. The number of amides is 2. The molecule has 2 aromatic rings. The third-order valence-corrected chi connectivity index (χ3v) is 5.17. The molecule has 1 fully saturated rings. The summed E-state index contributed by atoms with van der Waals surface area (Å²) in [5.74, 6) is 0.700. The lowest BCUT2D eigenvalue weighted by atomic mass is 9.81. The topological polar surface area (TPSA) is 88.3 Å². The Morgan fingerprint density at radius 1 is 1.42 bits per heavy atom. The monoisotopic (exact) mass is 348 g/mol. The summed E-state index contributed by atoms with van der Waals surface area (Å²) in [5.41, 5.74) is 0. The molecule has 2 aromatic heterocycles. The van der Waals surface area contributed by atoms with Gasteiger partial charge in [0.15, 0.2) is 5.13 Å². The number of carbonyl (C=O) groups is 2. The van der Waals surface area contributed by atoms with Crippen LogP contribution < -0.4 is 5.32 Å². The van der Waals surface area contributed by atoms with Gasteiger partial charge in [-0.1, -0.05) is 18.5 Å². The number of hydrogen-bond donors (Lipinski definition) is 1. The van der Waals surface area contributed by atoms with Crippen molar-refractivity contribution >= 4 is 28.3 Å². The van der Waals surface area contributed by atoms with Gasteiger partial charge in [0.25, 0.3) is 5.91 Å². The number of carbonyl (C=O) groups excluding carboxylic acids is 2. The standard InChI is InChI=1S/C16H20N4O3S/c1-2-11-10-20(15(22)13-3-5-18-23-13)7-4-12(11)9-14(21)19-16-17-6-8-24-16/h3,5-6,8,11-12H,2,4,7,9-10H2,1H3,(H,17,19,21)/t11-,12-/m0/s1. The SMILES string of the molecule is CC[C@H]1CN(C(=O)c2ccno2)CC[C@H]1CC(=O)Nc1nccs1. The molecule has 128 valence electrons. The average Bonchev–Trinajstić information content (AvgIpc) is 3.28. The normalized spacial score (nSPS) is 20.8. The molecule has 0 bridgehead atoms. The number of aromatic nitrogens is 2. The van der Waals surface area contributed by atoms with Crippen molar-refractivity contribution < 1.29 is 14.1 Å². The number of nitrogens with one attached hydrogen (secondary N) is 1. The summed E-state index contributed by atoms with van der Waals surface area (Å²) >= 11 is 1.41. The molecule has 3 heterocycles. The summed E-state index contributed by atoms with van der Waals surface area (Å²) in [6.45, 7) is 3.37. The fourth-order valence-corrected chi connectivity index (χ4v) is 3.72. The molecule has 3 rings (SSSR count). The van der Waals surface area contributed by atoms with Crippen molar-refractivity contribution in [3.05, 3.63) is 29.6 Å². The molecule has 0 aliphatic carbocycles. The minimum Gasteiger partial charge on any atom is -0.351 e. The van der Waals surface area contributed by atoms with Crippen LogP contribution in [0.15, 0.2) is 28.4 Å². The minimum absolute atomic E-state index is 0.0107. The molecule has 0 aromatic carbocycles. The van der Waals surface area contributed by atoms with Crippen molar-refractivity contribution in [1.82, 2.24) is 15.0 Å². The zero-order chi connectivity index (χ0) is 16.9. The fraction of sp³-hybridized carbons (Fsp3) is 0.500. The maximum absolute atomic E-state index is 12.4. The second kappa shape index (κ2) is 7.57. The van der Waals surface area contributed by atoms with Crippen LogP contribution in [0.1, 0.15) is 36.7 Å². The molecule has 1 aliphatic rings. The zero-order valence-electron chi connectivity index (χ0n) is 13.5. The van der Waals surface area contributed by atoms with Crippen molar-refractivity contribution in [2.45, 2.75) is 26.2 Å². The van der Waals surface area contributed by atoms with Crippen LogP contribution in [0.25, 0.3) is 0 Å². The van der Waals surface area contributed by atoms with E-state index >= 15 is 0 Å². The van der Waals surface area contributed by atoms with Gasteiger partial charge in [0.05, 0.1) is 6.20 Å². The molecule has 24 heavy (non-hydrogen) atoms. The predicted octanol–water partition coefficient (Wildman–Crippen LogP) is 2.65. The van der Waals surface area contributed by atoms with Crippen LogP contribution in [0.2, 0.25) is 0 Å². The van der Waals surface area contributed by atoms with E-state index in [0.717, 1.165) is 12.8 Å². The van der Waals surface area contributed by atoms with Crippen LogP contribution >= 0.6 is 11.3 Å². The number of thiazole rings is 1. The van der Waals surface area contributed by atoms with E-state index in [-0.39, 0.29) is 23.5 Å². The molecule has 1 N–H and O–H groups in total. The fourth-order valence-electron chi connectivity index (χ4n) is 3.17. The maximum atomic E-state index is 12.4. The van der Waals surface area contributed by atoms with Crippen LogP contribution in [0.3, 0.4) is 0 Å². The molecule has 0 saturated carbocycles. The Bertz CT molecular complexity index is 672. The van der Waals surface area contributed by atoms with Gasteiger partial charge in [0.1, 0.15) is 0 Å². The van der Waals surface area contributed by atoms with Gasteiger partial charge < -0.3 is 14.7 Å². The highest BCUT2D eigenvalue weighted by Crippen LogP contribution is 2.30. The summed E-state index contributed by atoms with van der Waals surface area (Å²) in [6, 6.07) is 1.58. The second-order valence-corrected chi connectivity index (χ2v) is 6.83. The molecule has 7 nitrogen and oxygen atoms in total. The summed E-state index contributed by atoms with van der Waals surface area (Å²) in [4.78, 5) is 30.4. The molecule has 1 saturated heterocycles. The highest BCUT2D eigenvalue weighted by molar-refractivity contribution is 7.13. The number of nitrogens with zero attached hydrogens (tertiary/aromatic N) is 3. The Hall–Kier alpha value is -2.22. The third-order valence-electron chi connectivity index (χ3n) is 4.48. The van der Waals surface area contributed by atoms with E-state index in [1.165, 1.54) is 17.5 Å². The molecule has 0 unspecified atom stereocenters. The van der Waals surface area contributed by atoms with E-state index in [1.807, 2.05) is 5.38 Å². The summed E-state index contributed by atoms with van der Waals surface area (Å²) in [7, 11) is 0. The molecule has 0 radical (unpaired) electrons. The van der Waals surface area contributed by atoms with E-state index in [0.29, 0.717) is 30.6 Å². The van der Waals surface area contributed by atoms with E-state index in [1.54, 1.807) is 17.2 Å². The molecule has 1 aliphatic heterocycles. The lowest BCUT2D eigenvalue weighted by Gasteiger charge is -2.37. The van der Waals surface area contributed by atoms with Gasteiger partial charge in [-0.3, -0.25) is 9.59 Å². The number of rotatable bonds is 5. The highest BCUT2D eigenvalue weighted by atomic mass is 32.1. The van der Waals surface area contributed by atoms with E-state index < -0.39 is 0 Å². The zero-order valence-corrected chi connectivity index (χ0v) is 14.3. The van der Waals surface area contributed by atoms with Crippen LogP contribution in [-0.4, -0.2) is 39.9 Å². The summed E-state index contributed by atoms with van der Waals surface area (Å²) in [6.07, 6.45) is 5.34.